The van der Waals surface area contributed by atoms with E-state index in [4.69, 9.17) is 11.6 Å². The molecule has 0 atom stereocenters. The SMILES string of the molecule is Cc1ccc(-c2nc(C(C)C)n(N)c2N)cc1C. The van der Waals surface area contributed by atoms with Crippen molar-refractivity contribution in [3.8, 4) is 11.3 Å². The van der Waals surface area contributed by atoms with Gasteiger partial charge in [0.1, 0.15) is 11.5 Å². The minimum atomic E-state index is 0.248. The largest absolute Gasteiger partial charge is 0.382 e. The average molecular weight is 244 g/mol. The fourth-order valence-corrected chi connectivity index (χ4v) is 1.97. The van der Waals surface area contributed by atoms with Gasteiger partial charge in [0.15, 0.2) is 5.82 Å². The van der Waals surface area contributed by atoms with Gasteiger partial charge >= 0.3 is 0 Å². The van der Waals surface area contributed by atoms with E-state index >= 15 is 0 Å². The van der Waals surface area contributed by atoms with E-state index < -0.39 is 0 Å². The number of hydrogen-bond donors (Lipinski definition) is 2. The van der Waals surface area contributed by atoms with Gasteiger partial charge in [0.05, 0.1) is 0 Å². The number of anilines is 1. The lowest BCUT2D eigenvalue weighted by atomic mass is 10.0. The van der Waals surface area contributed by atoms with Gasteiger partial charge in [0.2, 0.25) is 0 Å². The van der Waals surface area contributed by atoms with Crippen molar-refractivity contribution < 1.29 is 0 Å². The number of nitrogen functional groups attached to an aromatic ring is 2. The van der Waals surface area contributed by atoms with Crippen LogP contribution in [0.1, 0.15) is 36.7 Å². The number of aromatic nitrogens is 2. The summed E-state index contributed by atoms with van der Waals surface area (Å²) in [6.07, 6.45) is 0. The highest BCUT2D eigenvalue weighted by molar-refractivity contribution is 5.72. The molecule has 0 aliphatic heterocycles. The summed E-state index contributed by atoms with van der Waals surface area (Å²) >= 11 is 0. The van der Waals surface area contributed by atoms with E-state index in [0.717, 1.165) is 17.1 Å². The predicted molar refractivity (Wildman–Crippen MR) is 75.8 cm³/mol. The Labute approximate surface area is 108 Å². The van der Waals surface area contributed by atoms with Gasteiger partial charge in [-0.3, -0.25) is 0 Å². The minimum absolute atomic E-state index is 0.248. The molecule has 1 heterocycles. The van der Waals surface area contributed by atoms with Crippen LogP contribution in [0.25, 0.3) is 11.3 Å². The van der Waals surface area contributed by atoms with Crippen LogP contribution in [-0.2, 0) is 0 Å². The molecular weight excluding hydrogens is 224 g/mol. The van der Waals surface area contributed by atoms with Crippen LogP contribution in [0, 0.1) is 13.8 Å². The minimum Gasteiger partial charge on any atom is -0.382 e. The van der Waals surface area contributed by atoms with Crippen molar-refractivity contribution in [1.82, 2.24) is 9.66 Å². The van der Waals surface area contributed by atoms with Crippen molar-refractivity contribution in [2.45, 2.75) is 33.6 Å². The van der Waals surface area contributed by atoms with E-state index in [1.165, 1.54) is 15.8 Å². The van der Waals surface area contributed by atoms with Gasteiger partial charge < -0.3 is 11.6 Å². The summed E-state index contributed by atoms with van der Waals surface area (Å²) < 4.78 is 1.48. The maximum absolute atomic E-state index is 6.04. The third kappa shape index (κ3) is 1.94. The molecule has 0 unspecified atom stereocenters. The molecule has 0 aliphatic rings. The van der Waals surface area contributed by atoms with Crippen LogP contribution in [0.15, 0.2) is 18.2 Å². The Morgan fingerprint density at radius 3 is 2.33 bits per heavy atom. The first-order valence-corrected chi connectivity index (χ1v) is 6.12. The molecule has 0 aliphatic carbocycles. The second-order valence-electron chi connectivity index (χ2n) is 5.03. The van der Waals surface area contributed by atoms with Crippen molar-refractivity contribution in [3.63, 3.8) is 0 Å². The molecule has 2 rings (SSSR count). The van der Waals surface area contributed by atoms with Crippen LogP contribution >= 0.6 is 0 Å². The van der Waals surface area contributed by atoms with Crippen LogP contribution in [0.3, 0.4) is 0 Å². The summed E-state index contributed by atoms with van der Waals surface area (Å²) in [6, 6.07) is 6.21. The van der Waals surface area contributed by atoms with Gasteiger partial charge in [-0.25, -0.2) is 9.66 Å². The average Bonchev–Trinajstić information content (AvgIpc) is 2.60. The molecule has 1 aromatic carbocycles. The third-order valence-electron chi connectivity index (χ3n) is 3.27. The topological polar surface area (TPSA) is 69.9 Å². The lowest BCUT2D eigenvalue weighted by molar-refractivity contribution is 0.739. The molecule has 0 saturated heterocycles. The van der Waals surface area contributed by atoms with Crippen molar-refractivity contribution in [1.29, 1.82) is 0 Å². The smallest absolute Gasteiger partial charge is 0.150 e. The van der Waals surface area contributed by atoms with Gasteiger partial charge in [-0.1, -0.05) is 26.0 Å². The molecule has 0 fully saturated rings. The summed E-state index contributed by atoms with van der Waals surface area (Å²) in [5.74, 6) is 7.51. The fraction of sp³-hybridized carbons (Fsp3) is 0.357. The predicted octanol–water partition coefficient (Wildman–Crippen LogP) is 2.59. The molecular formula is C14H20N4. The van der Waals surface area contributed by atoms with Gasteiger partial charge in [-0.2, -0.15) is 0 Å². The molecule has 96 valence electrons. The van der Waals surface area contributed by atoms with Crippen molar-refractivity contribution in [3.05, 3.63) is 35.2 Å². The second kappa shape index (κ2) is 4.37. The Morgan fingerprint density at radius 2 is 1.83 bits per heavy atom. The molecule has 1 aromatic heterocycles. The highest BCUT2D eigenvalue weighted by Crippen LogP contribution is 2.28. The van der Waals surface area contributed by atoms with Crippen LogP contribution in [0.4, 0.5) is 5.82 Å². The first-order valence-electron chi connectivity index (χ1n) is 6.12. The summed E-state index contributed by atoms with van der Waals surface area (Å²) in [6.45, 7) is 8.27. The Kier molecular flexibility index (Phi) is 3.03. The van der Waals surface area contributed by atoms with Crippen molar-refractivity contribution >= 4 is 5.82 Å². The Balaban J connectivity index is 2.57. The fourth-order valence-electron chi connectivity index (χ4n) is 1.97. The van der Waals surface area contributed by atoms with E-state index in [1.54, 1.807) is 0 Å². The zero-order valence-electron chi connectivity index (χ0n) is 11.4. The van der Waals surface area contributed by atoms with Gasteiger partial charge in [0.25, 0.3) is 0 Å². The van der Waals surface area contributed by atoms with Crippen LogP contribution < -0.4 is 11.6 Å². The van der Waals surface area contributed by atoms with E-state index in [2.05, 4.69) is 44.8 Å². The maximum atomic E-state index is 6.04. The molecule has 4 N–H and O–H groups in total. The summed E-state index contributed by atoms with van der Waals surface area (Å²) in [4.78, 5) is 4.56. The number of nitrogens with zero attached hydrogens (tertiary/aromatic N) is 2. The molecule has 0 radical (unpaired) electrons. The van der Waals surface area contributed by atoms with Crippen molar-refractivity contribution in [2.24, 2.45) is 0 Å². The number of hydrogen-bond acceptors (Lipinski definition) is 3. The number of rotatable bonds is 2. The van der Waals surface area contributed by atoms with Crippen LogP contribution in [0.2, 0.25) is 0 Å². The first-order chi connectivity index (χ1) is 8.41. The summed E-state index contributed by atoms with van der Waals surface area (Å²) in [7, 11) is 0. The molecule has 0 saturated carbocycles. The molecule has 18 heavy (non-hydrogen) atoms. The first kappa shape index (κ1) is 12.5. The zero-order valence-corrected chi connectivity index (χ0v) is 11.4. The molecule has 4 nitrogen and oxygen atoms in total. The Morgan fingerprint density at radius 1 is 1.17 bits per heavy atom. The van der Waals surface area contributed by atoms with Gasteiger partial charge in [-0.05, 0) is 31.0 Å². The van der Waals surface area contributed by atoms with Gasteiger partial charge in [-0.15, -0.1) is 0 Å². The summed E-state index contributed by atoms with van der Waals surface area (Å²) in [5, 5.41) is 0. The second-order valence-corrected chi connectivity index (χ2v) is 5.03. The van der Waals surface area contributed by atoms with E-state index in [0.29, 0.717) is 5.82 Å². The molecule has 0 bridgehead atoms. The normalized spacial score (nSPS) is 11.2. The molecule has 0 spiro atoms. The van der Waals surface area contributed by atoms with Crippen molar-refractivity contribution in [2.75, 3.05) is 11.6 Å². The quantitative estimate of drug-likeness (QED) is 0.798. The number of imidazole rings is 1. The molecule has 2 aromatic rings. The van der Waals surface area contributed by atoms with E-state index in [-0.39, 0.29) is 5.92 Å². The Bertz CT molecular complexity index is 582. The van der Waals surface area contributed by atoms with Gasteiger partial charge in [0, 0.05) is 11.5 Å². The van der Waals surface area contributed by atoms with Crippen LogP contribution in [-0.4, -0.2) is 9.66 Å². The number of benzene rings is 1. The number of aryl methyl sites for hydroxylation is 2. The monoisotopic (exact) mass is 244 g/mol. The third-order valence-corrected chi connectivity index (χ3v) is 3.27. The standard InChI is InChI=1S/C14H20N4/c1-8(2)14-17-12(13(15)18(14)16)11-6-5-9(3)10(4)7-11/h5-8H,15-16H2,1-4H3. The highest BCUT2D eigenvalue weighted by Gasteiger charge is 2.16. The summed E-state index contributed by atoms with van der Waals surface area (Å²) in [5.41, 5.74) is 10.3. The van der Waals surface area contributed by atoms with Crippen LogP contribution in [0.5, 0.6) is 0 Å². The lowest BCUT2D eigenvalue weighted by Gasteiger charge is -2.04. The Hall–Kier alpha value is -1.97. The maximum Gasteiger partial charge on any atom is 0.150 e. The highest BCUT2D eigenvalue weighted by atomic mass is 15.4. The zero-order chi connectivity index (χ0) is 13.4. The molecule has 0 amide bonds. The van der Waals surface area contributed by atoms with E-state index in [9.17, 15) is 0 Å². The number of nitrogens with two attached hydrogens (primary N) is 2. The van der Waals surface area contributed by atoms with E-state index in [1.807, 2.05) is 6.07 Å². The lowest BCUT2D eigenvalue weighted by Crippen LogP contribution is -2.16. The molecule has 4 heteroatoms.